The van der Waals surface area contributed by atoms with E-state index in [4.69, 9.17) is 14.2 Å². The Morgan fingerprint density at radius 2 is 1.50 bits per heavy atom. The summed E-state index contributed by atoms with van der Waals surface area (Å²) in [5.41, 5.74) is 0. The smallest absolute Gasteiger partial charge is 0.203 e. The largest absolute Gasteiger partial charge is 0.493 e. The number of hydrogen-bond donors (Lipinski definition) is 0. The second kappa shape index (κ2) is 5.60. The van der Waals surface area contributed by atoms with Gasteiger partial charge in [0, 0.05) is 0 Å². The molecule has 2 rings (SSSR count). The summed E-state index contributed by atoms with van der Waals surface area (Å²) in [6.07, 6.45) is 0. The van der Waals surface area contributed by atoms with Crippen molar-refractivity contribution >= 4 is 15.4 Å². The molecule has 91 valence electrons. The Balaban J connectivity index is 2.39. The molecule has 0 saturated carbocycles. The summed E-state index contributed by atoms with van der Waals surface area (Å²) in [5, 5.41) is 0.815. The maximum absolute atomic E-state index is 5.77. The van der Waals surface area contributed by atoms with Crippen LogP contribution in [0.1, 0.15) is 0 Å². The zero-order valence-corrected chi connectivity index (χ0v) is 11.3. The Hall–Kier alpha value is -1.94. The normalized spacial score (nSPS) is 9.94. The van der Waals surface area contributed by atoms with E-state index >= 15 is 0 Å². The van der Waals surface area contributed by atoms with Crippen molar-refractivity contribution in [3.63, 3.8) is 0 Å². The van der Waals surface area contributed by atoms with Gasteiger partial charge in [0.1, 0.15) is 5.75 Å². The highest BCUT2D eigenvalue weighted by Crippen LogP contribution is 2.37. The molecule has 18 heavy (non-hydrogen) atoms. The number of para-hydroxylation sites is 1. The van der Waals surface area contributed by atoms with Crippen LogP contribution in [0.5, 0.6) is 23.0 Å². The van der Waals surface area contributed by atoms with E-state index in [0.717, 1.165) is 10.9 Å². The number of rotatable bonds is 4. The van der Waals surface area contributed by atoms with Crippen LogP contribution in [0.2, 0.25) is 0 Å². The van der Waals surface area contributed by atoms with Crippen molar-refractivity contribution in [2.24, 2.45) is 0 Å². The fourth-order valence-corrected chi connectivity index (χ4v) is 1.94. The number of benzene rings is 2. The molecule has 0 amide bonds. The van der Waals surface area contributed by atoms with Crippen LogP contribution < -0.4 is 19.4 Å². The third-order valence-electron chi connectivity index (χ3n) is 2.46. The average molecular weight is 257 g/mol. The SMILES string of the molecule is COc1c([Si])ccc(Oc2ccccc2)c1OC. The molecule has 0 atom stereocenters. The van der Waals surface area contributed by atoms with Crippen LogP contribution in [0, 0.1) is 0 Å². The highest BCUT2D eigenvalue weighted by Gasteiger charge is 2.14. The van der Waals surface area contributed by atoms with Gasteiger partial charge in [-0.1, -0.05) is 24.3 Å². The first-order chi connectivity index (χ1) is 8.76. The lowest BCUT2D eigenvalue weighted by atomic mass is 10.3. The van der Waals surface area contributed by atoms with Crippen LogP contribution in [0.15, 0.2) is 42.5 Å². The minimum absolute atomic E-state index is 0.564. The fourth-order valence-electron chi connectivity index (χ4n) is 1.64. The molecule has 0 aromatic heterocycles. The van der Waals surface area contributed by atoms with Crippen molar-refractivity contribution in [2.45, 2.75) is 0 Å². The molecule has 0 aliphatic heterocycles. The van der Waals surface area contributed by atoms with Crippen LogP contribution >= 0.6 is 0 Å². The Morgan fingerprint density at radius 1 is 0.833 bits per heavy atom. The highest BCUT2D eigenvalue weighted by molar-refractivity contribution is 6.34. The Bertz CT molecular complexity index is 526. The topological polar surface area (TPSA) is 27.7 Å². The maximum Gasteiger partial charge on any atom is 0.203 e. The third kappa shape index (κ3) is 2.48. The predicted octanol–water partition coefficient (Wildman–Crippen LogP) is 2.29. The van der Waals surface area contributed by atoms with Crippen molar-refractivity contribution in [3.05, 3.63) is 42.5 Å². The summed E-state index contributed by atoms with van der Waals surface area (Å²) in [6.45, 7) is 0. The quantitative estimate of drug-likeness (QED) is 0.787. The first-order valence-corrected chi connectivity index (χ1v) is 5.95. The van der Waals surface area contributed by atoms with Crippen molar-refractivity contribution in [2.75, 3.05) is 14.2 Å². The lowest BCUT2D eigenvalue weighted by molar-refractivity contribution is 0.338. The van der Waals surface area contributed by atoms with E-state index in [2.05, 4.69) is 10.2 Å². The molecular weight excluding hydrogens is 244 g/mol. The summed E-state index contributed by atoms with van der Waals surface area (Å²) >= 11 is 0. The van der Waals surface area contributed by atoms with E-state index in [-0.39, 0.29) is 0 Å². The van der Waals surface area contributed by atoms with Gasteiger partial charge >= 0.3 is 0 Å². The molecular formula is C14H13O3Si. The Kier molecular flexibility index (Phi) is 3.89. The molecule has 4 heteroatoms. The maximum atomic E-state index is 5.77. The Labute approximate surface area is 110 Å². The molecule has 0 aliphatic rings. The third-order valence-corrected chi connectivity index (χ3v) is 2.85. The van der Waals surface area contributed by atoms with E-state index < -0.39 is 0 Å². The van der Waals surface area contributed by atoms with Gasteiger partial charge in [-0.2, -0.15) is 0 Å². The van der Waals surface area contributed by atoms with Crippen molar-refractivity contribution < 1.29 is 14.2 Å². The molecule has 0 fully saturated rings. The van der Waals surface area contributed by atoms with Gasteiger partial charge in [0.2, 0.25) is 5.75 Å². The first kappa shape index (κ1) is 12.5. The molecule has 2 aromatic carbocycles. The van der Waals surface area contributed by atoms with E-state index in [1.807, 2.05) is 42.5 Å². The van der Waals surface area contributed by atoms with E-state index in [9.17, 15) is 0 Å². The van der Waals surface area contributed by atoms with Gasteiger partial charge < -0.3 is 14.2 Å². The van der Waals surface area contributed by atoms with Gasteiger partial charge in [-0.3, -0.25) is 0 Å². The molecule has 0 aliphatic carbocycles. The summed E-state index contributed by atoms with van der Waals surface area (Å²) in [6, 6.07) is 13.2. The number of hydrogen-bond acceptors (Lipinski definition) is 3. The summed E-state index contributed by atoms with van der Waals surface area (Å²) < 4.78 is 16.4. The first-order valence-electron chi connectivity index (χ1n) is 5.45. The van der Waals surface area contributed by atoms with Crippen molar-refractivity contribution in [1.82, 2.24) is 0 Å². The molecule has 3 radical (unpaired) electrons. The standard InChI is InChI=1S/C14H13O3Si/c1-15-13-11(8-9-12(18)14(13)16-2)17-10-6-4-3-5-7-10/h3-9H,1-2H3. The van der Waals surface area contributed by atoms with Crippen LogP contribution in [-0.2, 0) is 0 Å². The zero-order valence-electron chi connectivity index (χ0n) is 10.3. The second-order valence-electron chi connectivity index (χ2n) is 3.59. The second-order valence-corrected chi connectivity index (χ2v) is 4.13. The van der Waals surface area contributed by atoms with Crippen LogP contribution in [0.4, 0.5) is 0 Å². The number of ether oxygens (including phenoxy) is 3. The van der Waals surface area contributed by atoms with Crippen LogP contribution in [0.25, 0.3) is 0 Å². The molecule has 0 heterocycles. The van der Waals surface area contributed by atoms with Gasteiger partial charge in [0.05, 0.1) is 24.5 Å². The predicted molar refractivity (Wildman–Crippen MR) is 71.5 cm³/mol. The van der Waals surface area contributed by atoms with Gasteiger partial charge in [0.25, 0.3) is 0 Å². The zero-order chi connectivity index (χ0) is 13.0. The fraction of sp³-hybridized carbons (Fsp3) is 0.143. The van der Waals surface area contributed by atoms with Gasteiger partial charge in [-0.15, -0.1) is 0 Å². The Morgan fingerprint density at radius 3 is 2.11 bits per heavy atom. The van der Waals surface area contributed by atoms with Crippen LogP contribution in [-0.4, -0.2) is 24.5 Å². The molecule has 3 nitrogen and oxygen atoms in total. The minimum Gasteiger partial charge on any atom is -0.493 e. The lowest BCUT2D eigenvalue weighted by Gasteiger charge is -2.15. The molecule has 0 saturated heterocycles. The van der Waals surface area contributed by atoms with E-state index in [0.29, 0.717) is 17.2 Å². The summed E-state index contributed by atoms with van der Waals surface area (Å²) in [7, 11) is 6.64. The summed E-state index contributed by atoms with van der Waals surface area (Å²) in [4.78, 5) is 0. The summed E-state index contributed by atoms with van der Waals surface area (Å²) in [5.74, 6) is 2.54. The number of methoxy groups -OCH3 is 2. The van der Waals surface area contributed by atoms with E-state index in [1.54, 1.807) is 14.2 Å². The van der Waals surface area contributed by atoms with Crippen molar-refractivity contribution in [3.8, 4) is 23.0 Å². The van der Waals surface area contributed by atoms with Crippen molar-refractivity contribution in [1.29, 1.82) is 0 Å². The molecule has 2 aromatic rings. The molecule has 0 unspecified atom stereocenters. The monoisotopic (exact) mass is 257 g/mol. The minimum atomic E-state index is 0.564. The average Bonchev–Trinajstić information content (AvgIpc) is 2.41. The molecule has 0 bridgehead atoms. The highest BCUT2D eigenvalue weighted by atomic mass is 28.1. The lowest BCUT2D eigenvalue weighted by Crippen LogP contribution is -2.09. The molecule has 0 spiro atoms. The van der Waals surface area contributed by atoms with Gasteiger partial charge in [-0.25, -0.2) is 0 Å². The van der Waals surface area contributed by atoms with Gasteiger partial charge in [0.15, 0.2) is 11.5 Å². The van der Waals surface area contributed by atoms with Crippen LogP contribution in [0.3, 0.4) is 0 Å². The van der Waals surface area contributed by atoms with E-state index in [1.165, 1.54) is 0 Å². The van der Waals surface area contributed by atoms with Gasteiger partial charge in [-0.05, 0) is 23.4 Å². The molecule has 0 N–H and O–H groups in total.